The first kappa shape index (κ1) is 15.0. The van der Waals surface area contributed by atoms with Gasteiger partial charge in [0.1, 0.15) is 18.2 Å². The number of aromatic nitrogens is 2. The second kappa shape index (κ2) is 6.77. The minimum Gasteiger partial charge on any atom is -0.377 e. The van der Waals surface area contributed by atoms with E-state index < -0.39 is 0 Å². The van der Waals surface area contributed by atoms with E-state index in [-0.39, 0.29) is 4.75 Å². The maximum absolute atomic E-state index is 5.38. The Morgan fingerprint density at radius 2 is 2.06 bits per heavy atom. The van der Waals surface area contributed by atoms with Crippen molar-refractivity contribution in [1.29, 1.82) is 0 Å². The molecule has 1 aromatic rings. The van der Waals surface area contributed by atoms with Crippen molar-refractivity contribution in [3.8, 4) is 0 Å². The van der Waals surface area contributed by atoms with Crippen LogP contribution in [0.3, 0.4) is 0 Å². The molecule has 1 heterocycles. The van der Waals surface area contributed by atoms with Crippen LogP contribution in [-0.4, -0.2) is 34.6 Å². The van der Waals surface area contributed by atoms with E-state index in [1.807, 2.05) is 0 Å². The molecule has 0 aliphatic rings. The Morgan fingerprint density at radius 1 is 1.39 bits per heavy atom. The van der Waals surface area contributed by atoms with Crippen LogP contribution in [0.2, 0.25) is 0 Å². The lowest BCUT2D eigenvalue weighted by atomic mass is 10.2. The maximum atomic E-state index is 5.38. The van der Waals surface area contributed by atoms with Crippen LogP contribution in [0.25, 0.3) is 0 Å². The molecule has 0 fully saturated rings. The van der Waals surface area contributed by atoms with Crippen LogP contribution in [0, 0.1) is 0 Å². The lowest BCUT2D eigenvalue weighted by molar-refractivity contribution is 0.178. The monoisotopic (exact) mass is 271 g/mol. The standard InChI is InChI=1S/C11H21N5OS/c1-11(2,18-4)7-13-8-5-9(16-12)15-10(14-8)6-17-3/h5H,6-7,12H2,1-4H3,(H2,13,14,15,16). The normalized spacial score (nSPS) is 11.4. The summed E-state index contributed by atoms with van der Waals surface area (Å²) in [6.45, 7) is 5.51. The van der Waals surface area contributed by atoms with Gasteiger partial charge in [0.2, 0.25) is 0 Å². The fourth-order valence-corrected chi connectivity index (χ4v) is 1.45. The van der Waals surface area contributed by atoms with Gasteiger partial charge in [-0.05, 0) is 20.1 Å². The van der Waals surface area contributed by atoms with Gasteiger partial charge in [0.25, 0.3) is 0 Å². The summed E-state index contributed by atoms with van der Waals surface area (Å²) >= 11 is 1.80. The van der Waals surface area contributed by atoms with Crippen LogP contribution in [0.5, 0.6) is 0 Å². The van der Waals surface area contributed by atoms with Crippen molar-refractivity contribution in [2.45, 2.75) is 25.2 Å². The highest BCUT2D eigenvalue weighted by molar-refractivity contribution is 7.99. The molecular weight excluding hydrogens is 250 g/mol. The third kappa shape index (κ3) is 4.67. The van der Waals surface area contributed by atoms with Gasteiger partial charge in [-0.3, -0.25) is 0 Å². The smallest absolute Gasteiger partial charge is 0.158 e. The van der Waals surface area contributed by atoms with Crippen LogP contribution >= 0.6 is 11.8 Å². The topological polar surface area (TPSA) is 85.1 Å². The summed E-state index contributed by atoms with van der Waals surface area (Å²) in [5.41, 5.74) is 2.53. The van der Waals surface area contributed by atoms with Crippen molar-refractivity contribution >= 4 is 23.4 Å². The van der Waals surface area contributed by atoms with Crippen LogP contribution in [0.4, 0.5) is 11.6 Å². The summed E-state index contributed by atoms with van der Waals surface area (Å²) < 4.78 is 5.17. The third-order valence-corrected chi connectivity index (χ3v) is 3.69. The molecule has 18 heavy (non-hydrogen) atoms. The van der Waals surface area contributed by atoms with Crippen molar-refractivity contribution in [2.75, 3.05) is 30.7 Å². The molecule has 102 valence electrons. The molecule has 0 saturated carbocycles. The molecule has 0 bridgehead atoms. The Hall–Kier alpha value is -1.05. The molecule has 0 amide bonds. The van der Waals surface area contributed by atoms with Crippen molar-refractivity contribution in [2.24, 2.45) is 5.84 Å². The minimum absolute atomic E-state index is 0.142. The Kier molecular flexibility index (Phi) is 5.64. The van der Waals surface area contributed by atoms with Crippen molar-refractivity contribution in [3.05, 3.63) is 11.9 Å². The largest absolute Gasteiger partial charge is 0.377 e. The fourth-order valence-electron chi connectivity index (χ4n) is 1.23. The van der Waals surface area contributed by atoms with Gasteiger partial charge in [0.15, 0.2) is 5.82 Å². The first-order valence-electron chi connectivity index (χ1n) is 5.63. The number of nitrogens with one attached hydrogen (secondary N) is 2. The average molecular weight is 271 g/mol. The molecule has 0 saturated heterocycles. The Labute approximate surface area is 112 Å². The van der Waals surface area contributed by atoms with E-state index in [0.29, 0.717) is 18.2 Å². The van der Waals surface area contributed by atoms with Gasteiger partial charge < -0.3 is 15.5 Å². The number of anilines is 2. The highest BCUT2D eigenvalue weighted by Gasteiger charge is 2.16. The zero-order valence-electron chi connectivity index (χ0n) is 11.3. The van der Waals surface area contributed by atoms with E-state index in [1.54, 1.807) is 24.9 Å². The summed E-state index contributed by atoms with van der Waals surface area (Å²) in [5.74, 6) is 7.29. The zero-order valence-corrected chi connectivity index (χ0v) is 12.1. The van der Waals surface area contributed by atoms with E-state index in [4.69, 9.17) is 10.6 Å². The minimum atomic E-state index is 0.142. The van der Waals surface area contributed by atoms with Gasteiger partial charge in [-0.1, -0.05) is 0 Å². The molecule has 0 aliphatic carbocycles. The molecular formula is C11H21N5OS. The highest BCUT2D eigenvalue weighted by atomic mass is 32.2. The SMILES string of the molecule is COCc1nc(NN)cc(NCC(C)(C)SC)n1. The van der Waals surface area contributed by atoms with E-state index in [1.165, 1.54) is 0 Å². The molecule has 7 heteroatoms. The fraction of sp³-hybridized carbons (Fsp3) is 0.636. The summed E-state index contributed by atoms with van der Waals surface area (Å²) in [6.07, 6.45) is 2.09. The predicted molar refractivity (Wildman–Crippen MR) is 76.6 cm³/mol. The predicted octanol–water partition coefficient (Wildman–Crippen LogP) is 1.46. The molecule has 0 aliphatic heterocycles. The molecule has 6 nitrogen and oxygen atoms in total. The number of rotatable bonds is 7. The number of hydrazine groups is 1. The Morgan fingerprint density at radius 3 is 2.61 bits per heavy atom. The molecule has 0 aromatic carbocycles. The first-order valence-corrected chi connectivity index (χ1v) is 6.86. The van der Waals surface area contributed by atoms with E-state index in [9.17, 15) is 0 Å². The van der Waals surface area contributed by atoms with Crippen LogP contribution in [0.15, 0.2) is 6.07 Å². The molecule has 4 N–H and O–H groups in total. The van der Waals surface area contributed by atoms with Crippen molar-refractivity contribution < 1.29 is 4.74 Å². The Bertz CT molecular complexity index is 386. The zero-order chi connectivity index (χ0) is 13.6. The van der Waals surface area contributed by atoms with Gasteiger partial charge >= 0.3 is 0 Å². The van der Waals surface area contributed by atoms with Crippen LogP contribution < -0.4 is 16.6 Å². The second-order valence-corrected chi connectivity index (χ2v) is 5.96. The quantitative estimate of drug-likeness (QED) is 0.511. The van der Waals surface area contributed by atoms with E-state index >= 15 is 0 Å². The van der Waals surface area contributed by atoms with Gasteiger partial charge in [-0.25, -0.2) is 15.8 Å². The van der Waals surface area contributed by atoms with Crippen LogP contribution in [-0.2, 0) is 11.3 Å². The number of ether oxygens (including phenoxy) is 1. The number of nitrogen functional groups attached to an aromatic ring is 1. The average Bonchev–Trinajstić information content (AvgIpc) is 2.37. The number of thioether (sulfide) groups is 1. The summed E-state index contributed by atoms with van der Waals surface area (Å²) in [4.78, 5) is 8.55. The lowest BCUT2D eigenvalue weighted by Crippen LogP contribution is -2.26. The first-order chi connectivity index (χ1) is 8.50. The second-order valence-electron chi connectivity index (χ2n) is 4.45. The number of hydrogen-bond donors (Lipinski definition) is 3. The summed E-state index contributed by atoms with van der Waals surface area (Å²) in [5, 5.41) is 3.29. The lowest BCUT2D eigenvalue weighted by Gasteiger charge is -2.22. The van der Waals surface area contributed by atoms with Crippen LogP contribution in [0.1, 0.15) is 19.7 Å². The number of methoxy groups -OCH3 is 1. The van der Waals surface area contributed by atoms with E-state index in [2.05, 4.69) is 40.8 Å². The molecule has 0 spiro atoms. The summed E-state index contributed by atoms with van der Waals surface area (Å²) in [7, 11) is 1.61. The highest BCUT2D eigenvalue weighted by Crippen LogP contribution is 2.21. The third-order valence-electron chi connectivity index (χ3n) is 2.44. The molecule has 0 unspecified atom stereocenters. The number of nitrogens with zero attached hydrogens (tertiary/aromatic N) is 2. The summed E-state index contributed by atoms with van der Waals surface area (Å²) in [6, 6.07) is 1.77. The van der Waals surface area contributed by atoms with Crippen molar-refractivity contribution in [1.82, 2.24) is 9.97 Å². The van der Waals surface area contributed by atoms with Crippen molar-refractivity contribution in [3.63, 3.8) is 0 Å². The molecule has 1 aromatic heterocycles. The Balaban J connectivity index is 2.78. The van der Waals surface area contributed by atoms with Gasteiger partial charge in [0.05, 0.1) is 0 Å². The number of nitrogens with two attached hydrogens (primary N) is 1. The number of hydrogen-bond acceptors (Lipinski definition) is 7. The molecule has 0 atom stereocenters. The maximum Gasteiger partial charge on any atom is 0.158 e. The van der Waals surface area contributed by atoms with E-state index in [0.717, 1.165) is 12.4 Å². The molecule has 0 radical (unpaired) electrons. The molecule has 1 rings (SSSR count). The van der Waals surface area contributed by atoms with Gasteiger partial charge in [0, 0.05) is 24.5 Å². The van der Waals surface area contributed by atoms with Gasteiger partial charge in [-0.15, -0.1) is 0 Å². The van der Waals surface area contributed by atoms with Gasteiger partial charge in [-0.2, -0.15) is 11.8 Å².